The molecule has 1 saturated heterocycles. The minimum absolute atomic E-state index is 0.0564. The maximum Gasteiger partial charge on any atom is 0.288 e. The van der Waals surface area contributed by atoms with Crippen molar-refractivity contribution in [3.63, 3.8) is 0 Å². The number of aromatic nitrogens is 2. The summed E-state index contributed by atoms with van der Waals surface area (Å²) in [6.07, 6.45) is 0.826. The van der Waals surface area contributed by atoms with Crippen molar-refractivity contribution in [2.45, 2.75) is 13.1 Å². The van der Waals surface area contributed by atoms with E-state index >= 15 is 0 Å². The number of halogens is 1. The Morgan fingerprint density at radius 3 is 2.62 bits per heavy atom. The van der Waals surface area contributed by atoms with E-state index in [1.54, 1.807) is 23.9 Å². The van der Waals surface area contributed by atoms with Crippen molar-refractivity contribution >= 4 is 29.7 Å². The first-order valence-corrected chi connectivity index (χ1v) is 10.4. The van der Waals surface area contributed by atoms with Crippen molar-refractivity contribution in [1.29, 1.82) is 0 Å². The maximum absolute atomic E-state index is 12.0. The van der Waals surface area contributed by atoms with Gasteiger partial charge in [0.2, 0.25) is 11.8 Å². The molecule has 1 N–H and O–H groups in total. The number of carbonyl (C=O) groups is 1. The van der Waals surface area contributed by atoms with Gasteiger partial charge in [-0.3, -0.25) is 14.6 Å². The Morgan fingerprint density at radius 2 is 1.93 bits per heavy atom. The van der Waals surface area contributed by atoms with Crippen LogP contribution >= 0.6 is 23.8 Å². The lowest BCUT2D eigenvalue weighted by atomic mass is 10.2. The monoisotopic (exact) mass is 439 g/mol. The second-order valence-electron chi connectivity index (χ2n) is 6.91. The van der Waals surface area contributed by atoms with Crippen LogP contribution in [0, 0.1) is 4.84 Å². The molecule has 0 unspecified atom stereocenters. The molecule has 0 aliphatic carbocycles. The van der Waals surface area contributed by atoms with Crippen LogP contribution in [0.5, 0.6) is 0 Å². The molecule has 0 radical (unpaired) electrons. The van der Waals surface area contributed by atoms with E-state index in [9.17, 15) is 4.79 Å². The fraction of sp³-hybridized carbons (Fsp3) is 0.526. The zero-order valence-electron chi connectivity index (χ0n) is 16.5. The largest absolute Gasteiger partial charge is 0.409 e. The molecule has 2 heterocycles. The number of hydrogen-bond donors (Lipinski definition) is 1. The van der Waals surface area contributed by atoms with E-state index in [1.165, 1.54) is 0 Å². The predicted octanol–water partition coefficient (Wildman–Crippen LogP) is 2.25. The topological polar surface area (TPSA) is 75.8 Å². The lowest BCUT2D eigenvalue weighted by Gasteiger charge is -2.33. The van der Waals surface area contributed by atoms with Crippen LogP contribution in [0.25, 0.3) is 11.5 Å². The van der Waals surface area contributed by atoms with Gasteiger partial charge < -0.3 is 14.5 Å². The fourth-order valence-corrected chi connectivity index (χ4v) is 3.39. The number of methoxy groups -OCH3 is 1. The molecule has 1 aliphatic heterocycles. The molecule has 0 saturated carbocycles. The highest BCUT2D eigenvalue weighted by Gasteiger charge is 2.20. The summed E-state index contributed by atoms with van der Waals surface area (Å²) >= 11 is 11.2. The second-order valence-corrected chi connectivity index (χ2v) is 7.70. The smallest absolute Gasteiger partial charge is 0.288 e. The van der Waals surface area contributed by atoms with Crippen molar-refractivity contribution in [2.24, 2.45) is 0 Å². The number of carbonyl (C=O) groups excluding carboxylic acids is 1. The van der Waals surface area contributed by atoms with Crippen molar-refractivity contribution in [1.82, 2.24) is 24.9 Å². The van der Waals surface area contributed by atoms with Crippen LogP contribution in [0.15, 0.2) is 28.7 Å². The average Bonchev–Trinajstić information content (AvgIpc) is 3.08. The van der Waals surface area contributed by atoms with E-state index in [0.717, 1.165) is 38.2 Å². The molecular formula is C19H26ClN5O3S. The summed E-state index contributed by atoms with van der Waals surface area (Å²) in [5.74, 6) is 0.538. The van der Waals surface area contributed by atoms with Gasteiger partial charge >= 0.3 is 0 Å². The van der Waals surface area contributed by atoms with Gasteiger partial charge in [-0.15, -0.1) is 5.10 Å². The van der Waals surface area contributed by atoms with E-state index in [1.807, 2.05) is 12.1 Å². The van der Waals surface area contributed by atoms with Gasteiger partial charge in [-0.25, -0.2) is 4.68 Å². The normalized spacial score (nSPS) is 15.5. The molecule has 3 rings (SSSR count). The van der Waals surface area contributed by atoms with Gasteiger partial charge in [0.05, 0.1) is 13.2 Å². The molecule has 1 aromatic carbocycles. The number of rotatable bonds is 9. The maximum atomic E-state index is 12.0. The molecule has 0 spiro atoms. The minimum Gasteiger partial charge on any atom is -0.409 e. The van der Waals surface area contributed by atoms with Crippen LogP contribution in [0.4, 0.5) is 0 Å². The van der Waals surface area contributed by atoms with E-state index in [-0.39, 0.29) is 5.91 Å². The quantitative estimate of drug-likeness (QED) is 0.474. The number of nitrogens with one attached hydrogen (secondary N) is 1. The summed E-state index contributed by atoms with van der Waals surface area (Å²) in [4.78, 5) is 16.7. The molecular weight excluding hydrogens is 414 g/mol. The van der Waals surface area contributed by atoms with E-state index < -0.39 is 0 Å². The molecule has 29 heavy (non-hydrogen) atoms. The van der Waals surface area contributed by atoms with Gasteiger partial charge in [0, 0.05) is 57.0 Å². The molecule has 0 bridgehead atoms. The number of hydrogen-bond acceptors (Lipinski definition) is 7. The average molecular weight is 440 g/mol. The molecule has 158 valence electrons. The third-order valence-corrected chi connectivity index (χ3v) is 5.26. The summed E-state index contributed by atoms with van der Waals surface area (Å²) in [6.45, 7) is 5.60. The van der Waals surface area contributed by atoms with Crippen molar-refractivity contribution in [3.8, 4) is 11.5 Å². The number of nitrogens with zero attached hydrogens (tertiary/aromatic N) is 4. The van der Waals surface area contributed by atoms with Gasteiger partial charge in [0.1, 0.15) is 0 Å². The Hall–Kier alpha value is -1.78. The second kappa shape index (κ2) is 10.8. The molecule has 2 aromatic rings. The van der Waals surface area contributed by atoms with Crippen LogP contribution in [0.1, 0.15) is 6.42 Å². The molecule has 10 heteroatoms. The first kappa shape index (κ1) is 21.9. The molecule has 1 aliphatic rings. The lowest BCUT2D eigenvalue weighted by Crippen LogP contribution is -2.49. The molecule has 1 aromatic heterocycles. The van der Waals surface area contributed by atoms with Gasteiger partial charge in [0.15, 0.2) is 0 Å². The Bertz CT molecular complexity index is 846. The molecule has 1 amide bonds. The lowest BCUT2D eigenvalue weighted by molar-refractivity contribution is -0.122. The van der Waals surface area contributed by atoms with E-state index in [2.05, 4.69) is 20.2 Å². The van der Waals surface area contributed by atoms with Crippen LogP contribution in [0.3, 0.4) is 0 Å². The Labute approximate surface area is 180 Å². The highest BCUT2D eigenvalue weighted by Crippen LogP contribution is 2.20. The first-order valence-electron chi connectivity index (χ1n) is 9.59. The van der Waals surface area contributed by atoms with Crippen molar-refractivity contribution in [3.05, 3.63) is 34.1 Å². The van der Waals surface area contributed by atoms with E-state index in [4.69, 9.17) is 33.0 Å². The number of amides is 1. The Kier molecular flexibility index (Phi) is 8.19. The standard InChI is InChI=1S/C19H26ClN5O3S/c1-27-12-2-7-21-17(26)13-23-8-10-24(11-9-23)14-25-19(29)28-18(22-25)15-3-5-16(20)6-4-15/h3-6H,2,7-14H2,1H3,(H,21,26). The molecule has 8 nitrogen and oxygen atoms in total. The summed E-state index contributed by atoms with van der Waals surface area (Å²) < 4.78 is 12.3. The Morgan fingerprint density at radius 1 is 1.24 bits per heavy atom. The number of benzene rings is 1. The van der Waals surface area contributed by atoms with Crippen LogP contribution in [0.2, 0.25) is 5.02 Å². The van der Waals surface area contributed by atoms with Crippen LogP contribution in [-0.4, -0.2) is 78.5 Å². The predicted molar refractivity (Wildman–Crippen MR) is 113 cm³/mol. The summed E-state index contributed by atoms with van der Waals surface area (Å²) in [6, 6.07) is 7.29. The Balaban J connectivity index is 1.45. The SMILES string of the molecule is COCCCNC(=O)CN1CCN(Cn2nc(-c3ccc(Cl)cc3)oc2=S)CC1. The van der Waals surface area contributed by atoms with Gasteiger partial charge in [-0.2, -0.15) is 0 Å². The highest BCUT2D eigenvalue weighted by molar-refractivity contribution is 7.71. The molecule has 0 atom stereocenters. The van der Waals surface area contributed by atoms with Crippen LogP contribution in [-0.2, 0) is 16.2 Å². The van der Waals surface area contributed by atoms with Crippen molar-refractivity contribution in [2.75, 3.05) is 53.0 Å². The third kappa shape index (κ3) is 6.61. The third-order valence-electron chi connectivity index (χ3n) is 4.71. The molecule has 1 fully saturated rings. The van der Waals surface area contributed by atoms with E-state index in [0.29, 0.717) is 42.1 Å². The van der Waals surface area contributed by atoms with Crippen molar-refractivity contribution < 1.29 is 13.9 Å². The fourth-order valence-electron chi connectivity index (χ4n) is 3.09. The minimum atomic E-state index is 0.0564. The van der Waals surface area contributed by atoms with Gasteiger partial charge in [-0.1, -0.05) is 11.6 Å². The summed E-state index contributed by atoms with van der Waals surface area (Å²) in [7, 11) is 1.66. The van der Waals surface area contributed by atoms with Gasteiger partial charge in [0.25, 0.3) is 4.84 Å². The van der Waals surface area contributed by atoms with Gasteiger partial charge in [-0.05, 0) is 42.9 Å². The first-order chi connectivity index (χ1) is 14.0. The van der Waals surface area contributed by atoms with Crippen LogP contribution < -0.4 is 5.32 Å². The zero-order valence-corrected chi connectivity index (χ0v) is 18.0. The summed E-state index contributed by atoms with van der Waals surface area (Å²) in [5, 5.41) is 8.08. The highest BCUT2D eigenvalue weighted by atomic mass is 35.5. The zero-order chi connectivity index (χ0) is 20.6. The summed E-state index contributed by atoms with van der Waals surface area (Å²) in [5.41, 5.74) is 0.834. The number of ether oxygens (including phenoxy) is 1. The number of piperazine rings is 1.